The normalized spacial score (nSPS) is 18.6. The Morgan fingerprint density at radius 1 is 0.941 bits per heavy atom. The highest BCUT2D eigenvalue weighted by Crippen LogP contribution is 2.40. The molecule has 0 aliphatic carbocycles. The maximum atomic E-state index is 11.8. The molecule has 2 aliphatic heterocycles. The largest absolute Gasteiger partial charge is 0.493 e. The van der Waals surface area contributed by atoms with Gasteiger partial charge in [-0.3, -0.25) is 4.99 Å². The van der Waals surface area contributed by atoms with E-state index in [1.54, 1.807) is 21.3 Å². The topological polar surface area (TPSA) is 72.8 Å². The average Bonchev–Trinajstić information content (AvgIpc) is 3.38. The minimum Gasteiger partial charge on any atom is -0.493 e. The van der Waals surface area contributed by atoms with E-state index in [2.05, 4.69) is 17.1 Å². The van der Waals surface area contributed by atoms with Crippen molar-refractivity contribution in [3.8, 4) is 23.0 Å². The molecule has 1 N–H and O–H groups in total. The lowest BCUT2D eigenvalue weighted by atomic mass is 9.86. The van der Waals surface area contributed by atoms with Crippen molar-refractivity contribution in [3.05, 3.63) is 82.9 Å². The summed E-state index contributed by atoms with van der Waals surface area (Å²) < 4.78 is 22.2. The third-order valence-electron chi connectivity index (χ3n) is 6.43. The first-order chi connectivity index (χ1) is 16.6. The van der Waals surface area contributed by atoms with Gasteiger partial charge in [-0.1, -0.05) is 36.4 Å². The van der Waals surface area contributed by atoms with E-state index < -0.39 is 5.72 Å². The summed E-state index contributed by atoms with van der Waals surface area (Å²) in [6, 6.07) is 19.5. The Morgan fingerprint density at radius 2 is 1.65 bits per heavy atom. The van der Waals surface area contributed by atoms with Crippen molar-refractivity contribution < 1.29 is 24.1 Å². The van der Waals surface area contributed by atoms with Gasteiger partial charge in [-0.2, -0.15) is 0 Å². The molecule has 3 aromatic carbocycles. The number of hydrogen-bond acceptors (Lipinski definition) is 7. The average molecular weight is 461 g/mol. The van der Waals surface area contributed by atoms with Gasteiger partial charge in [-0.25, -0.2) is 0 Å². The van der Waals surface area contributed by atoms with Gasteiger partial charge >= 0.3 is 0 Å². The van der Waals surface area contributed by atoms with Crippen molar-refractivity contribution in [2.24, 2.45) is 4.99 Å². The quantitative estimate of drug-likeness (QED) is 0.579. The van der Waals surface area contributed by atoms with E-state index in [0.717, 1.165) is 28.1 Å². The van der Waals surface area contributed by atoms with Gasteiger partial charge in [0.15, 0.2) is 17.2 Å². The van der Waals surface area contributed by atoms with Gasteiger partial charge in [0.05, 0.1) is 27.9 Å². The van der Waals surface area contributed by atoms with Crippen molar-refractivity contribution in [2.75, 3.05) is 34.4 Å². The number of ether oxygens (including phenoxy) is 4. The van der Waals surface area contributed by atoms with Crippen LogP contribution in [-0.4, -0.2) is 50.3 Å². The van der Waals surface area contributed by atoms with E-state index in [9.17, 15) is 5.11 Å². The van der Waals surface area contributed by atoms with E-state index in [0.29, 0.717) is 49.1 Å². The zero-order valence-electron chi connectivity index (χ0n) is 19.6. The van der Waals surface area contributed by atoms with Crippen molar-refractivity contribution in [1.29, 1.82) is 0 Å². The number of methoxy groups -OCH3 is 3. The van der Waals surface area contributed by atoms with Crippen molar-refractivity contribution in [2.45, 2.75) is 18.8 Å². The lowest BCUT2D eigenvalue weighted by Gasteiger charge is -2.43. The SMILES string of the molecule is COc1cc(COc2ccc(C3(O)Cc4ccccc4C4=NCCN43)cc2)cc(OC)c1OC. The number of rotatable bonds is 7. The molecular formula is C27H28N2O5. The molecule has 7 heteroatoms. The molecule has 0 saturated heterocycles. The summed E-state index contributed by atoms with van der Waals surface area (Å²) >= 11 is 0. The van der Waals surface area contributed by atoms with E-state index in [1.165, 1.54) is 0 Å². The molecule has 34 heavy (non-hydrogen) atoms. The highest BCUT2D eigenvalue weighted by Gasteiger charge is 2.44. The number of benzene rings is 3. The fourth-order valence-electron chi connectivity index (χ4n) is 4.75. The van der Waals surface area contributed by atoms with Crippen molar-refractivity contribution in [1.82, 2.24) is 4.90 Å². The molecule has 7 nitrogen and oxygen atoms in total. The molecule has 0 saturated carbocycles. The Morgan fingerprint density at radius 3 is 2.32 bits per heavy atom. The van der Waals surface area contributed by atoms with Gasteiger partial charge in [0.25, 0.3) is 0 Å². The summed E-state index contributed by atoms with van der Waals surface area (Å²) in [5, 5.41) is 11.8. The zero-order chi connectivity index (χ0) is 23.7. The standard InChI is InChI=1S/C27H28N2O5/c1-31-23-14-18(15-24(32-2)25(23)33-3)17-34-21-10-8-20(9-11-21)27(30)16-19-6-4-5-7-22(19)26-28-12-13-29(26)27/h4-11,14-15,30H,12-13,16-17H2,1-3H3. The molecule has 0 radical (unpaired) electrons. The third-order valence-corrected chi connectivity index (χ3v) is 6.43. The number of fused-ring (bicyclic) bond motifs is 3. The van der Waals surface area contributed by atoms with E-state index >= 15 is 0 Å². The Hall–Kier alpha value is -3.71. The van der Waals surface area contributed by atoms with Crippen LogP contribution in [0.5, 0.6) is 23.0 Å². The molecule has 2 heterocycles. The monoisotopic (exact) mass is 460 g/mol. The molecule has 0 amide bonds. The maximum absolute atomic E-state index is 11.8. The van der Waals surface area contributed by atoms with Crippen LogP contribution in [0.15, 0.2) is 65.7 Å². The van der Waals surface area contributed by atoms with Crippen LogP contribution in [0.1, 0.15) is 22.3 Å². The Kier molecular flexibility index (Phi) is 5.79. The summed E-state index contributed by atoms with van der Waals surface area (Å²) in [5.74, 6) is 3.28. The van der Waals surface area contributed by atoms with Crippen LogP contribution in [0.25, 0.3) is 0 Å². The second-order valence-corrected chi connectivity index (χ2v) is 8.35. The van der Waals surface area contributed by atoms with Crippen LogP contribution in [0.4, 0.5) is 0 Å². The first-order valence-corrected chi connectivity index (χ1v) is 11.2. The molecule has 3 aromatic rings. The summed E-state index contributed by atoms with van der Waals surface area (Å²) in [5.41, 5.74) is 2.77. The van der Waals surface area contributed by atoms with Gasteiger partial charge < -0.3 is 29.0 Å². The molecule has 0 aromatic heterocycles. The fraction of sp³-hybridized carbons (Fsp3) is 0.296. The number of nitrogens with zero attached hydrogens (tertiary/aromatic N) is 2. The molecule has 1 unspecified atom stereocenters. The van der Waals surface area contributed by atoms with Crippen LogP contribution in [0.3, 0.4) is 0 Å². The summed E-state index contributed by atoms with van der Waals surface area (Å²) in [4.78, 5) is 6.68. The number of hydrogen-bond donors (Lipinski definition) is 1. The molecule has 5 rings (SSSR count). The van der Waals surface area contributed by atoms with Gasteiger partial charge in [0.2, 0.25) is 5.75 Å². The van der Waals surface area contributed by atoms with E-state index in [-0.39, 0.29) is 0 Å². The Bertz CT molecular complexity index is 1200. The van der Waals surface area contributed by atoms with Gasteiger partial charge in [-0.15, -0.1) is 0 Å². The predicted molar refractivity (Wildman–Crippen MR) is 129 cm³/mol. The van der Waals surface area contributed by atoms with Crippen LogP contribution in [0, 0.1) is 0 Å². The Balaban J connectivity index is 1.35. The smallest absolute Gasteiger partial charge is 0.203 e. The molecular weight excluding hydrogens is 432 g/mol. The fourth-order valence-corrected chi connectivity index (χ4v) is 4.75. The first-order valence-electron chi connectivity index (χ1n) is 11.2. The highest BCUT2D eigenvalue weighted by atomic mass is 16.5. The predicted octanol–water partition coefficient (Wildman–Crippen LogP) is 3.76. The van der Waals surface area contributed by atoms with Gasteiger partial charge in [0.1, 0.15) is 18.2 Å². The van der Waals surface area contributed by atoms with Crippen molar-refractivity contribution >= 4 is 5.84 Å². The summed E-state index contributed by atoms with van der Waals surface area (Å²) in [6.45, 7) is 1.71. The second-order valence-electron chi connectivity index (χ2n) is 8.35. The summed E-state index contributed by atoms with van der Waals surface area (Å²) in [6.07, 6.45) is 0.508. The highest BCUT2D eigenvalue weighted by molar-refractivity contribution is 6.02. The number of aliphatic hydroxyl groups is 1. The van der Waals surface area contributed by atoms with Crippen LogP contribution >= 0.6 is 0 Å². The number of amidine groups is 1. The van der Waals surface area contributed by atoms with Gasteiger partial charge in [-0.05, 0) is 35.4 Å². The minimum absolute atomic E-state index is 0.330. The molecule has 1 atom stereocenters. The van der Waals surface area contributed by atoms with E-state index in [1.807, 2.05) is 53.4 Å². The molecule has 176 valence electrons. The van der Waals surface area contributed by atoms with Crippen molar-refractivity contribution in [3.63, 3.8) is 0 Å². The Labute approximate surface area is 199 Å². The zero-order valence-corrected chi connectivity index (χ0v) is 19.6. The molecule has 0 fully saturated rings. The third kappa shape index (κ3) is 3.72. The van der Waals surface area contributed by atoms with Crippen LogP contribution < -0.4 is 18.9 Å². The number of aliphatic imine (C=N–C) groups is 1. The molecule has 0 bridgehead atoms. The van der Waals surface area contributed by atoms with Crippen LogP contribution in [-0.2, 0) is 18.8 Å². The van der Waals surface area contributed by atoms with Crippen LogP contribution in [0.2, 0.25) is 0 Å². The first kappa shape index (κ1) is 22.1. The minimum atomic E-state index is -1.14. The maximum Gasteiger partial charge on any atom is 0.203 e. The lowest BCUT2D eigenvalue weighted by molar-refractivity contribution is -0.0745. The second kappa shape index (κ2) is 8.91. The molecule has 2 aliphatic rings. The molecule has 0 spiro atoms. The lowest BCUT2D eigenvalue weighted by Crippen LogP contribution is -2.53. The van der Waals surface area contributed by atoms with Gasteiger partial charge in [0, 0.05) is 24.1 Å². The van der Waals surface area contributed by atoms with E-state index in [4.69, 9.17) is 18.9 Å². The summed E-state index contributed by atoms with van der Waals surface area (Å²) in [7, 11) is 4.75.